The first-order valence-corrected chi connectivity index (χ1v) is 7.87. The van der Waals surface area contributed by atoms with Gasteiger partial charge in [-0.15, -0.1) is 0 Å². The number of hydrogen-bond acceptors (Lipinski definition) is 4. The third-order valence-electron chi connectivity index (χ3n) is 3.30. The predicted octanol–water partition coefficient (Wildman–Crippen LogP) is 0.919. The molecule has 0 spiro atoms. The molecule has 0 radical (unpaired) electrons. The molecule has 1 aromatic heterocycles. The Morgan fingerprint density at radius 1 is 1.47 bits per heavy atom. The maximum Gasteiger partial charge on any atom is 0.337 e. The molecule has 0 bridgehead atoms. The predicted molar refractivity (Wildman–Crippen MR) is 69.6 cm³/mol. The maximum atomic E-state index is 11.5. The van der Waals surface area contributed by atoms with Gasteiger partial charge < -0.3 is 5.11 Å². The van der Waals surface area contributed by atoms with Crippen molar-refractivity contribution in [1.82, 2.24) is 9.29 Å². The highest BCUT2D eigenvalue weighted by Gasteiger charge is 2.27. The number of nitrogens with zero attached hydrogens (tertiary/aromatic N) is 2. The van der Waals surface area contributed by atoms with Crippen molar-refractivity contribution in [3.05, 3.63) is 29.6 Å². The minimum Gasteiger partial charge on any atom is -0.478 e. The fourth-order valence-electron chi connectivity index (χ4n) is 2.26. The molecule has 2 rings (SSSR count). The quantitative estimate of drug-likeness (QED) is 0.891. The first-order chi connectivity index (χ1) is 8.88. The van der Waals surface area contributed by atoms with Crippen molar-refractivity contribution in [3.8, 4) is 0 Å². The molecule has 0 aromatic carbocycles. The lowest BCUT2D eigenvalue weighted by Gasteiger charge is -2.30. The van der Waals surface area contributed by atoms with E-state index in [2.05, 4.69) is 4.98 Å². The molecule has 0 saturated carbocycles. The molecule has 6 nitrogen and oxygen atoms in total. The lowest BCUT2D eigenvalue weighted by Crippen LogP contribution is -2.38. The van der Waals surface area contributed by atoms with Crippen LogP contribution in [0, 0.1) is 0 Å². The Hall–Kier alpha value is -1.47. The zero-order valence-corrected chi connectivity index (χ0v) is 11.4. The highest BCUT2D eigenvalue weighted by Crippen LogP contribution is 2.26. The Kier molecular flexibility index (Phi) is 3.86. The summed E-state index contributed by atoms with van der Waals surface area (Å²) < 4.78 is 24.5. The summed E-state index contributed by atoms with van der Waals surface area (Å²) >= 11 is 0. The molecule has 1 atom stereocenters. The number of pyridine rings is 1. The number of aromatic carboxylic acids is 1. The lowest BCUT2D eigenvalue weighted by atomic mass is 9.95. The van der Waals surface area contributed by atoms with Gasteiger partial charge in [-0.25, -0.2) is 17.5 Å². The van der Waals surface area contributed by atoms with E-state index in [-0.39, 0.29) is 11.5 Å². The van der Waals surface area contributed by atoms with Crippen molar-refractivity contribution in [2.45, 2.75) is 18.8 Å². The van der Waals surface area contributed by atoms with Gasteiger partial charge in [0.15, 0.2) is 0 Å². The average Bonchev–Trinajstić information content (AvgIpc) is 2.38. The van der Waals surface area contributed by atoms with E-state index in [1.54, 1.807) is 6.07 Å². The number of rotatable bonds is 3. The second-order valence-electron chi connectivity index (χ2n) is 4.74. The Bertz CT molecular complexity index is 568. The Labute approximate surface area is 112 Å². The van der Waals surface area contributed by atoms with Crippen molar-refractivity contribution in [2.75, 3.05) is 19.3 Å². The molecular formula is C12H16N2O4S. The number of hydrogen-bond donors (Lipinski definition) is 1. The van der Waals surface area contributed by atoms with E-state index in [1.807, 2.05) is 0 Å². The summed E-state index contributed by atoms with van der Waals surface area (Å²) in [4.78, 5) is 14.9. The zero-order valence-electron chi connectivity index (χ0n) is 10.6. The standard InChI is InChI=1S/C12H16N2O4S/c1-19(17,18)14-6-2-3-10(8-14)11-5-4-9(7-13-11)12(15)16/h4-5,7,10H,2-3,6,8H2,1H3,(H,15,16)/t10-/m0/s1. The van der Waals surface area contributed by atoms with Crippen LogP contribution in [0.4, 0.5) is 0 Å². The smallest absolute Gasteiger partial charge is 0.337 e. The maximum absolute atomic E-state index is 11.5. The van der Waals surface area contributed by atoms with E-state index in [9.17, 15) is 13.2 Å². The number of carboxylic acids is 1. The largest absolute Gasteiger partial charge is 0.478 e. The van der Waals surface area contributed by atoms with Gasteiger partial charge in [0, 0.05) is 30.9 Å². The molecule has 1 fully saturated rings. The zero-order chi connectivity index (χ0) is 14.0. The van der Waals surface area contributed by atoms with Gasteiger partial charge in [0.1, 0.15) is 0 Å². The summed E-state index contributed by atoms with van der Waals surface area (Å²) in [6.07, 6.45) is 4.18. The second kappa shape index (κ2) is 5.26. The third-order valence-corrected chi connectivity index (χ3v) is 4.57. The minimum absolute atomic E-state index is 0.0336. The van der Waals surface area contributed by atoms with E-state index < -0.39 is 16.0 Å². The summed E-state index contributed by atoms with van der Waals surface area (Å²) in [7, 11) is -3.18. The summed E-state index contributed by atoms with van der Waals surface area (Å²) in [5.74, 6) is -0.980. The molecule has 1 aliphatic rings. The van der Waals surface area contributed by atoms with Gasteiger partial charge in [0.25, 0.3) is 0 Å². The van der Waals surface area contributed by atoms with Crippen LogP contribution in [-0.2, 0) is 10.0 Å². The highest BCUT2D eigenvalue weighted by molar-refractivity contribution is 7.88. The minimum atomic E-state index is -3.18. The molecule has 1 aromatic rings. The number of carbonyl (C=O) groups is 1. The van der Waals surface area contributed by atoms with E-state index in [1.165, 1.54) is 22.8 Å². The van der Waals surface area contributed by atoms with Crippen LogP contribution in [0.2, 0.25) is 0 Å². The van der Waals surface area contributed by atoms with Crippen LogP contribution in [0.3, 0.4) is 0 Å². The number of carboxylic acid groups (broad SMARTS) is 1. The van der Waals surface area contributed by atoms with Crippen molar-refractivity contribution in [2.24, 2.45) is 0 Å². The molecule has 2 heterocycles. The Morgan fingerprint density at radius 2 is 2.21 bits per heavy atom. The number of piperidine rings is 1. The van der Waals surface area contributed by atoms with Gasteiger partial charge >= 0.3 is 5.97 Å². The molecule has 1 saturated heterocycles. The van der Waals surface area contributed by atoms with E-state index in [4.69, 9.17) is 5.11 Å². The summed E-state index contributed by atoms with van der Waals surface area (Å²) in [5.41, 5.74) is 0.887. The van der Waals surface area contributed by atoms with Crippen molar-refractivity contribution >= 4 is 16.0 Å². The van der Waals surface area contributed by atoms with Gasteiger partial charge in [-0.05, 0) is 25.0 Å². The van der Waals surface area contributed by atoms with Crippen LogP contribution in [-0.4, -0.2) is 48.1 Å². The number of aromatic nitrogens is 1. The fourth-order valence-corrected chi connectivity index (χ4v) is 3.17. The van der Waals surface area contributed by atoms with Gasteiger partial charge in [-0.1, -0.05) is 0 Å². The van der Waals surface area contributed by atoms with Crippen molar-refractivity contribution < 1.29 is 18.3 Å². The fraction of sp³-hybridized carbons (Fsp3) is 0.500. The second-order valence-corrected chi connectivity index (χ2v) is 6.72. The van der Waals surface area contributed by atoms with E-state index >= 15 is 0 Å². The molecular weight excluding hydrogens is 268 g/mol. The number of sulfonamides is 1. The molecule has 104 valence electrons. The van der Waals surface area contributed by atoms with Crippen LogP contribution >= 0.6 is 0 Å². The Balaban J connectivity index is 2.15. The molecule has 0 unspecified atom stereocenters. The van der Waals surface area contributed by atoms with Crippen LogP contribution in [0.5, 0.6) is 0 Å². The van der Waals surface area contributed by atoms with Crippen molar-refractivity contribution in [3.63, 3.8) is 0 Å². The van der Waals surface area contributed by atoms with E-state index in [0.29, 0.717) is 13.1 Å². The van der Waals surface area contributed by atoms with Gasteiger partial charge in [0.05, 0.1) is 11.8 Å². The monoisotopic (exact) mass is 284 g/mol. The summed E-state index contributed by atoms with van der Waals surface area (Å²) in [6.45, 7) is 0.959. The highest BCUT2D eigenvalue weighted by atomic mass is 32.2. The molecule has 1 N–H and O–H groups in total. The van der Waals surface area contributed by atoms with Crippen LogP contribution in [0.15, 0.2) is 18.3 Å². The van der Waals surface area contributed by atoms with Gasteiger partial charge in [0.2, 0.25) is 10.0 Å². The first-order valence-electron chi connectivity index (χ1n) is 6.02. The molecule has 7 heteroatoms. The summed E-state index contributed by atoms with van der Waals surface area (Å²) in [6, 6.07) is 3.17. The van der Waals surface area contributed by atoms with Gasteiger partial charge in [-0.3, -0.25) is 4.98 Å². The molecule has 0 amide bonds. The molecule has 0 aliphatic carbocycles. The van der Waals surface area contributed by atoms with Crippen LogP contribution < -0.4 is 0 Å². The Morgan fingerprint density at radius 3 is 2.74 bits per heavy atom. The average molecular weight is 284 g/mol. The van der Waals surface area contributed by atoms with Crippen LogP contribution in [0.1, 0.15) is 34.8 Å². The van der Waals surface area contributed by atoms with Crippen molar-refractivity contribution in [1.29, 1.82) is 0 Å². The normalized spacial score (nSPS) is 21.2. The lowest BCUT2D eigenvalue weighted by molar-refractivity contribution is 0.0696. The first kappa shape index (κ1) is 14.0. The SMILES string of the molecule is CS(=O)(=O)N1CCC[C@H](c2ccc(C(=O)O)cn2)C1. The third kappa shape index (κ3) is 3.30. The summed E-state index contributed by atoms with van der Waals surface area (Å²) in [5, 5.41) is 8.81. The molecule has 19 heavy (non-hydrogen) atoms. The molecule has 1 aliphatic heterocycles. The topological polar surface area (TPSA) is 87.6 Å². The van der Waals surface area contributed by atoms with E-state index in [0.717, 1.165) is 18.5 Å². The van der Waals surface area contributed by atoms with Gasteiger partial charge in [-0.2, -0.15) is 0 Å². The van der Waals surface area contributed by atoms with Crippen LogP contribution in [0.25, 0.3) is 0 Å².